The molecule has 1 atom stereocenters. The molecule has 3 heterocycles. The fourth-order valence-corrected chi connectivity index (χ4v) is 5.70. The molecule has 1 fully saturated rings. The quantitative estimate of drug-likeness (QED) is 0.379. The first-order chi connectivity index (χ1) is 18.7. The molecule has 39 heavy (non-hydrogen) atoms. The van der Waals surface area contributed by atoms with Gasteiger partial charge in [-0.3, -0.25) is 9.78 Å². The van der Waals surface area contributed by atoms with E-state index in [4.69, 9.17) is 0 Å². The van der Waals surface area contributed by atoms with E-state index in [1.54, 1.807) is 6.92 Å². The zero-order valence-electron chi connectivity index (χ0n) is 22.7. The summed E-state index contributed by atoms with van der Waals surface area (Å²) >= 11 is 0. The van der Waals surface area contributed by atoms with Crippen LogP contribution in [0.4, 0.5) is 18.9 Å². The molecule has 2 aliphatic heterocycles. The zero-order chi connectivity index (χ0) is 27.7. The van der Waals surface area contributed by atoms with Crippen molar-refractivity contribution in [2.24, 2.45) is 5.92 Å². The second-order valence-electron chi connectivity index (χ2n) is 10.8. The summed E-state index contributed by atoms with van der Waals surface area (Å²) in [6, 6.07) is 11.6. The Bertz CT molecular complexity index is 1400. The maximum absolute atomic E-state index is 14.8. The summed E-state index contributed by atoms with van der Waals surface area (Å²) in [6.07, 6.45) is 1.88. The molecular formula is C31H35F3N4O. The number of nitrogens with one attached hydrogen (secondary N) is 1. The SMILES string of the molecule is Cc1cc(N[C@H](C)c2cccc(C(F)F)c2F)c2cc(C3=CCN(C(=O)C4CCN(C)CC4)CC3)ccc2n1. The zero-order valence-corrected chi connectivity index (χ0v) is 22.7. The Balaban J connectivity index is 1.37. The lowest BCUT2D eigenvalue weighted by atomic mass is 9.93. The largest absolute Gasteiger partial charge is 0.378 e. The molecule has 8 heteroatoms. The van der Waals surface area contributed by atoms with Crippen molar-refractivity contribution >= 4 is 28.1 Å². The van der Waals surface area contributed by atoms with Crippen LogP contribution in [0.15, 0.2) is 48.5 Å². The number of aryl methyl sites for hydroxylation is 1. The number of pyridine rings is 1. The molecule has 1 aromatic heterocycles. The van der Waals surface area contributed by atoms with Crippen LogP contribution in [0.1, 0.15) is 61.0 Å². The first kappa shape index (κ1) is 27.2. The van der Waals surface area contributed by atoms with E-state index in [0.717, 1.165) is 66.3 Å². The maximum atomic E-state index is 14.8. The van der Waals surface area contributed by atoms with Gasteiger partial charge in [0.1, 0.15) is 5.82 Å². The van der Waals surface area contributed by atoms with Crippen molar-refractivity contribution in [2.75, 3.05) is 38.5 Å². The van der Waals surface area contributed by atoms with Gasteiger partial charge in [-0.15, -0.1) is 0 Å². The fourth-order valence-electron chi connectivity index (χ4n) is 5.70. The first-order valence-electron chi connectivity index (χ1n) is 13.6. The Labute approximate surface area is 227 Å². The number of amides is 1. The molecule has 2 aromatic carbocycles. The van der Waals surface area contributed by atoms with Gasteiger partial charge in [-0.25, -0.2) is 13.2 Å². The Hall–Kier alpha value is -3.39. The molecule has 0 bridgehead atoms. The van der Waals surface area contributed by atoms with Crippen LogP contribution in [-0.4, -0.2) is 53.9 Å². The summed E-state index contributed by atoms with van der Waals surface area (Å²) in [5.74, 6) is -0.497. The van der Waals surface area contributed by atoms with Gasteiger partial charge in [0, 0.05) is 41.3 Å². The third-order valence-corrected chi connectivity index (χ3v) is 8.03. The first-order valence-corrected chi connectivity index (χ1v) is 13.6. The van der Waals surface area contributed by atoms with Gasteiger partial charge in [0.25, 0.3) is 6.43 Å². The van der Waals surface area contributed by atoms with Crippen LogP contribution >= 0.6 is 0 Å². The predicted molar refractivity (Wildman–Crippen MR) is 149 cm³/mol. The number of likely N-dealkylation sites (tertiary alicyclic amines) is 1. The van der Waals surface area contributed by atoms with Crippen LogP contribution < -0.4 is 5.32 Å². The number of rotatable bonds is 6. The molecule has 3 aromatic rings. The number of carbonyl (C=O) groups is 1. The lowest BCUT2D eigenvalue weighted by Gasteiger charge is -2.34. The standard InChI is InChI=1S/C31H35F3N4O/c1-19-17-28(36-20(2)24-5-4-6-25(29(24)32)30(33)34)26-18-23(7-8-27(26)35-19)21-11-15-38(16-12-21)31(39)22-9-13-37(3)14-10-22/h4-8,11,17-18,20,22,30H,9-10,12-16H2,1-3H3,(H,35,36)/t20-/m1/s1. The summed E-state index contributed by atoms with van der Waals surface area (Å²) in [7, 11) is 2.10. The number of halogens is 3. The number of anilines is 1. The van der Waals surface area contributed by atoms with Gasteiger partial charge in [-0.1, -0.05) is 30.3 Å². The summed E-state index contributed by atoms with van der Waals surface area (Å²) in [5.41, 5.74) is 4.20. The minimum atomic E-state index is -2.87. The van der Waals surface area contributed by atoms with Crippen LogP contribution in [0.2, 0.25) is 0 Å². The van der Waals surface area contributed by atoms with Crippen LogP contribution in [-0.2, 0) is 4.79 Å². The lowest BCUT2D eigenvalue weighted by molar-refractivity contribution is -0.136. The molecule has 5 rings (SSSR count). The molecule has 1 N–H and O–H groups in total. The smallest absolute Gasteiger partial charge is 0.266 e. The highest BCUT2D eigenvalue weighted by Crippen LogP contribution is 2.34. The average Bonchev–Trinajstić information content (AvgIpc) is 2.93. The Morgan fingerprint density at radius 3 is 2.51 bits per heavy atom. The third-order valence-electron chi connectivity index (χ3n) is 8.03. The highest BCUT2D eigenvalue weighted by Gasteiger charge is 2.28. The topological polar surface area (TPSA) is 48.5 Å². The van der Waals surface area contributed by atoms with Gasteiger partial charge in [0.15, 0.2) is 0 Å². The monoisotopic (exact) mass is 536 g/mol. The second kappa shape index (κ2) is 11.4. The Morgan fingerprint density at radius 1 is 1.08 bits per heavy atom. The summed E-state index contributed by atoms with van der Waals surface area (Å²) < 4.78 is 41.4. The Morgan fingerprint density at radius 2 is 1.82 bits per heavy atom. The van der Waals surface area contributed by atoms with Gasteiger partial charge >= 0.3 is 0 Å². The van der Waals surface area contributed by atoms with E-state index in [1.807, 2.05) is 30.0 Å². The van der Waals surface area contributed by atoms with Crippen molar-refractivity contribution in [2.45, 2.75) is 45.6 Å². The highest BCUT2D eigenvalue weighted by molar-refractivity contribution is 5.94. The molecule has 2 aliphatic rings. The summed E-state index contributed by atoms with van der Waals surface area (Å²) in [6.45, 7) is 6.89. The van der Waals surface area contributed by atoms with Crippen molar-refractivity contribution in [3.05, 3.63) is 76.7 Å². The molecule has 5 nitrogen and oxygen atoms in total. The van der Waals surface area contributed by atoms with Crippen LogP contribution in [0.5, 0.6) is 0 Å². The van der Waals surface area contributed by atoms with Crippen molar-refractivity contribution in [1.82, 2.24) is 14.8 Å². The molecule has 1 saturated heterocycles. The van der Waals surface area contributed by atoms with Gasteiger partial charge in [0.05, 0.1) is 17.1 Å². The number of aromatic nitrogens is 1. The van der Waals surface area contributed by atoms with Gasteiger partial charge in [-0.2, -0.15) is 0 Å². The Kier molecular flexibility index (Phi) is 7.93. The van der Waals surface area contributed by atoms with E-state index in [0.29, 0.717) is 13.1 Å². The van der Waals surface area contributed by atoms with Crippen molar-refractivity contribution in [1.29, 1.82) is 0 Å². The number of carbonyl (C=O) groups excluding carboxylic acids is 1. The molecule has 0 aliphatic carbocycles. The molecule has 0 saturated carbocycles. The van der Waals surface area contributed by atoms with Crippen LogP contribution in [0.25, 0.3) is 16.5 Å². The van der Waals surface area contributed by atoms with Gasteiger partial charge in [0.2, 0.25) is 5.91 Å². The number of hydrogen-bond acceptors (Lipinski definition) is 4. The van der Waals surface area contributed by atoms with E-state index >= 15 is 0 Å². The summed E-state index contributed by atoms with van der Waals surface area (Å²) in [5, 5.41) is 4.22. The highest BCUT2D eigenvalue weighted by atomic mass is 19.3. The fraction of sp³-hybridized carbons (Fsp3) is 0.419. The lowest BCUT2D eigenvalue weighted by Crippen LogP contribution is -2.43. The minimum absolute atomic E-state index is 0.118. The van der Waals surface area contributed by atoms with Gasteiger partial charge < -0.3 is 15.1 Å². The number of benzene rings is 2. The van der Waals surface area contributed by atoms with E-state index < -0.39 is 23.8 Å². The van der Waals surface area contributed by atoms with E-state index in [-0.39, 0.29) is 17.4 Å². The van der Waals surface area contributed by atoms with E-state index in [9.17, 15) is 18.0 Å². The minimum Gasteiger partial charge on any atom is -0.378 e. The van der Waals surface area contributed by atoms with E-state index in [1.165, 1.54) is 17.7 Å². The predicted octanol–water partition coefficient (Wildman–Crippen LogP) is 6.75. The number of fused-ring (bicyclic) bond motifs is 1. The third kappa shape index (κ3) is 5.81. The molecule has 206 valence electrons. The van der Waals surface area contributed by atoms with Crippen molar-refractivity contribution in [3.8, 4) is 0 Å². The van der Waals surface area contributed by atoms with Crippen LogP contribution in [0, 0.1) is 18.7 Å². The second-order valence-corrected chi connectivity index (χ2v) is 10.8. The van der Waals surface area contributed by atoms with Crippen molar-refractivity contribution in [3.63, 3.8) is 0 Å². The summed E-state index contributed by atoms with van der Waals surface area (Å²) in [4.78, 5) is 22.0. The molecule has 0 unspecified atom stereocenters. The number of nitrogens with zero attached hydrogens (tertiary/aromatic N) is 3. The average molecular weight is 537 g/mol. The maximum Gasteiger partial charge on any atom is 0.266 e. The molecular weight excluding hydrogens is 501 g/mol. The molecule has 0 radical (unpaired) electrons. The van der Waals surface area contributed by atoms with Crippen LogP contribution in [0.3, 0.4) is 0 Å². The number of alkyl halides is 2. The number of hydrogen-bond donors (Lipinski definition) is 1. The molecule has 1 amide bonds. The normalized spacial score (nSPS) is 17.9. The molecule has 0 spiro atoms. The van der Waals surface area contributed by atoms with E-state index in [2.05, 4.69) is 34.4 Å². The van der Waals surface area contributed by atoms with Gasteiger partial charge in [-0.05, 0) is 82.6 Å². The van der Waals surface area contributed by atoms with Crippen molar-refractivity contribution < 1.29 is 18.0 Å². The number of piperidine rings is 1.